The molecule has 10 nitrogen and oxygen atoms in total. The molecule has 0 bridgehead atoms. The number of nitrogens with one attached hydrogen (secondary N) is 1. The molecule has 0 aromatic heterocycles. The summed E-state index contributed by atoms with van der Waals surface area (Å²) in [5.41, 5.74) is 10.4. The number of ether oxygens (including phenoxy) is 1. The van der Waals surface area contributed by atoms with Gasteiger partial charge in [0, 0.05) is 47.0 Å². The molecular formula is C37H43N5O5. The van der Waals surface area contributed by atoms with Crippen molar-refractivity contribution >= 4 is 23.2 Å². The quantitative estimate of drug-likeness (QED) is 0.152. The molecule has 0 radical (unpaired) electrons. The van der Waals surface area contributed by atoms with Crippen LogP contribution < -0.4 is 15.8 Å². The number of benzene rings is 3. The molecule has 3 N–H and O–H groups in total. The van der Waals surface area contributed by atoms with Crippen LogP contribution in [0.15, 0.2) is 95.1 Å². The van der Waals surface area contributed by atoms with E-state index in [9.17, 15) is 19.7 Å². The third kappa shape index (κ3) is 7.12. The van der Waals surface area contributed by atoms with E-state index in [4.69, 9.17) is 10.5 Å². The highest BCUT2D eigenvalue weighted by Gasteiger charge is 2.41. The number of hydrogen-bond donors (Lipinski definition) is 2. The van der Waals surface area contributed by atoms with Gasteiger partial charge in [-0.25, -0.2) is 0 Å². The summed E-state index contributed by atoms with van der Waals surface area (Å²) >= 11 is 0. The summed E-state index contributed by atoms with van der Waals surface area (Å²) in [6.45, 7) is 6.79. The van der Waals surface area contributed by atoms with E-state index >= 15 is 0 Å². The van der Waals surface area contributed by atoms with Gasteiger partial charge in [-0.15, -0.1) is 0 Å². The summed E-state index contributed by atoms with van der Waals surface area (Å²) in [6.07, 6.45) is 3.20. The first kappa shape index (κ1) is 33.5. The fourth-order valence-electron chi connectivity index (χ4n) is 7.17. The van der Waals surface area contributed by atoms with Crippen molar-refractivity contribution in [1.82, 2.24) is 10.2 Å². The zero-order chi connectivity index (χ0) is 33.6. The van der Waals surface area contributed by atoms with Gasteiger partial charge in [0.1, 0.15) is 5.75 Å². The van der Waals surface area contributed by atoms with Crippen molar-refractivity contribution in [2.75, 3.05) is 33.3 Å². The molecule has 1 fully saturated rings. The van der Waals surface area contributed by atoms with E-state index in [1.54, 1.807) is 26.2 Å². The Bertz CT molecular complexity index is 1640. The number of amides is 2. The smallest absolute Gasteiger partial charge is 0.269 e. The number of nitro benzene ring substituents is 1. The van der Waals surface area contributed by atoms with E-state index in [0.717, 1.165) is 44.6 Å². The number of carbonyl (C=O) groups is 2. The Hall–Kier alpha value is -4.83. The fraction of sp³-hybridized carbons (Fsp3) is 0.378. The Morgan fingerprint density at radius 3 is 2.23 bits per heavy atom. The van der Waals surface area contributed by atoms with Crippen LogP contribution in [-0.2, 0) is 15.0 Å². The summed E-state index contributed by atoms with van der Waals surface area (Å²) in [6, 6.07) is 25.1. The number of allylic oxidation sites excluding steroid dienone is 1. The average Bonchev–Trinajstić information content (AvgIpc) is 3.10. The Labute approximate surface area is 275 Å². The van der Waals surface area contributed by atoms with Gasteiger partial charge in [0.15, 0.2) is 0 Å². The van der Waals surface area contributed by atoms with E-state index in [0.29, 0.717) is 35.5 Å². The predicted octanol–water partition coefficient (Wildman–Crippen LogP) is 5.52. The maximum atomic E-state index is 13.8. The number of hydrogen-bond acceptors (Lipinski definition) is 7. The number of nitrogens with two attached hydrogens (primary N) is 1. The number of carbonyl (C=O) groups excluding carboxylic acids is 2. The molecule has 3 aromatic rings. The maximum Gasteiger partial charge on any atom is 0.269 e. The van der Waals surface area contributed by atoms with Crippen molar-refractivity contribution in [1.29, 1.82) is 0 Å². The standard InChI is InChI=1S/C37H43N5O5/c1-4-31-34(33(32(35(38)43)25(2)40-31)26-11-15-29(16-12-26)42(45)46)36(44)39-21-8-22-41-23-19-37(20-24-41,27-9-6-5-7-10-27)28-13-17-30(47-3)18-14-28/h5-7,9-18,32-33H,4,8,19-24H2,1-3H3,(H2,38,43)(H,39,44). The molecule has 2 aliphatic heterocycles. The number of methoxy groups -OCH3 is 1. The monoisotopic (exact) mass is 637 g/mol. The average molecular weight is 638 g/mol. The van der Waals surface area contributed by atoms with Crippen LogP contribution in [0.5, 0.6) is 5.75 Å². The largest absolute Gasteiger partial charge is 0.497 e. The van der Waals surface area contributed by atoms with Gasteiger partial charge in [0.05, 0.1) is 18.0 Å². The van der Waals surface area contributed by atoms with Crippen LogP contribution in [-0.4, -0.2) is 60.6 Å². The van der Waals surface area contributed by atoms with Gasteiger partial charge in [-0.05, 0) is 81.1 Å². The SMILES string of the molecule is CCC1=C(C(=O)NCCCN2CCC(c3ccccc3)(c3ccc(OC)cc3)CC2)C(c2ccc([N+](=O)[O-])cc2)C(C(N)=O)C(C)=N1. The van der Waals surface area contributed by atoms with E-state index in [1.165, 1.54) is 23.3 Å². The van der Waals surface area contributed by atoms with Crippen molar-refractivity contribution in [3.05, 3.63) is 117 Å². The molecule has 2 aliphatic rings. The normalized spacial score (nSPS) is 19.5. The first-order valence-electron chi connectivity index (χ1n) is 16.2. The third-order valence-corrected chi connectivity index (χ3v) is 9.68. The van der Waals surface area contributed by atoms with Crippen LogP contribution in [0.4, 0.5) is 5.69 Å². The second-order valence-corrected chi connectivity index (χ2v) is 12.3. The minimum Gasteiger partial charge on any atom is -0.497 e. The number of nitrogens with zero attached hydrogens (tertiary/aromatic N) is 3. The minimum absolute atomic E-state index is 0.0704. The van der Waals surface area contributed by atoms with Gasteiger partial charge in [-0.3, -0.25) is 24.7 Å². The molecule has 10 heteroatoms. The second-order valence-electron chi connectivity index (χ2n) is 12.3. The number of primary amides is 1. The number of nitro groups is 1. The first-order chi connectivity index (χ1) is 22.7. The number of non-ortho nitro benzene ring substituents is 1. The Morgan fingerprint density at radius 2 is 1.66 bits per heavy atom. The molecule has 0 spiro atoms. The highest BCUT2D eigenvalue weighted by Crippen LogP contribution is 2.43. The van der Waals surface area contributed by atoms with Gasteiger partial charge >= 0.3 is 0 Å². The summed E-state index contributed by atoms with van der Waals surface area (Å²) in [5, 5.41) is 14.3. The molecule has 0 saturated carbocycles. The lowest BCUT2D eigenvalue weighted by Gasteiger charge is -2.43. The zero-order valence-electron chi connectivity index (χ0n) is 27.3. The van der Waals surface area contributed by atoms with Gasteiger partial charge in [-0.1, -0.05) is 61.5 Å². The van der Waals surface area contributed by atoms with E-state index < -0.39 is 22.7 Å². The van der Waals surface area contributed by atoms with Crippen LogP contribution in [0.2, 0.25) is 0 Å². The highest BCUT2D eigenvalue weighted by molar-refractivity contribution is 6.08. The van der Waals surface area contributed by atoms with Gasteiger partial charge in [-0.2, -0.15) is 0 Å². The molecule has 3 aromatic carbocycles. The van der Waals surface area contributed by atoms with Crippen LogP contribution in [0.3, 0.4) is 0 Å². The summed E-state index contributed by atoms with van der Waals surface area (Å²) < 4.78 is 5.41. The molecular weight excluding hydrogens is 594 g/mol. The molecule has 47 heavy (non-hydrogen) atoms. The Kier molecular flexibility index (Phi) is 10.5. The van der Waals surface area contributed by atoms with Crippen LogP contribution in [0.1, 0.15) is 62.1 Å². The molecule has 5 rings (SSSR count). The van der Waals surface area contributed by atoms with E-state index in [1.807, 2.05) is 19.1 Å². The predicted molar refractivity (Wildman–Crippen MR) is 182 cm³/mol. The van der Waals surface area contributed by atoms with E-state index in [2.05, 4.69) is 57.7 Å². The Balaban J connectivity index is 1.25. The number of rotatable bonds is 12. The molecule has 2 heterocycles. The van der Waals surface area contributed by atoms with Gasteiger partial charge < -0.3 is 20.7 Å². The lowest BCUT2D eigenvalue weighted by molar-refractivity contribution is -0.384. The first-order valence-corrected chi connectivity index (χ1v) is 16.2. The maximum absolute atomic E-state index is 13.8. The Morgan fingerprint density at radius 1 is 1.02 bits per heavy atom. The van der Waals surface area contributed by atoms with Gasteiger partial charge in [0.2, 0.25) is 11.8 Å². The molecule has 2 unspecified atom stereocenters. The number of likely N-dealkylation sites (tertiary alicyclic amines) is 1. The summed E-state index contributed by atoms with van der Waals surface area (Å²) in [5.74, 6) is -1.57. The topological polar surface area (TPSA) is 140 Å². The lowest BCUT2D eigenvalue weighted by Crippen LogP contribution is -2.44. The molecule has 0 aliphatic carbocycles. The van der Waals surface area contributed by atoms with Crippen LogP contribution >= 0.6 is 0 Å². The zero-order valence-corrected chi connectivity index (χ0v) is 27.3. The lowest BCUT2D eigenvalue weighted by atomic mass is 9.68. The van der Waals surface area contributed by atoms with Crippen LogP contribution in [0, 0.1) is 16.0 Å². The highest BCUT2D eigenvalue weighted by atomic mass is 16.6. The summed E-state index contributed by atoms with van der Waals surface area (Å²) in [7, 11) is 1.68. The van der Waals surface area contributed by atoms with Crippen molar-refractivity contribution in [2.45, 2.75) is 50.9 Å². The molecule has 2 atom stereocenters. The van der Waals surface area contributed by atoms with Crippen molar-refractivity contribution in [3.63, 3.8) is 0 Å². The molecule has 2 amide bonds. The number of piperidine rings is 1. The van der Waals surface area contributed by atoms with Crippen LogP contribution in [0.25, 0.3) is 0 Å². The number of aliphatic imine (C=N–C) groups is 1. The second kappa shape index (κ2) is 14.7. The van der Waals surface area contributed by atoms with Gasteiger partial charge in [0.25, 0.3) is 5.69 Å². The fourth-order valence-corrected chi connectivity index (χ4v) is 7.17. The van der Waals surface area contributed by atoms with Crippen molar-refractivity contribution in [2.24, 2.45) is 16.6 Å². The third-order valence-electron chi connectivity index (χ3n) is 9.68. The van der Waals surface area contributed by atoms with Crippen molar-refractivity contribution in [3.8, 4) is 5.75 Å². The summed E-state index contributed by atoms with van der Waals surface area (Å²) in [4.78, 5) is 44.3. The minimum atomic E-state index is -0.837. The molecule has 1 saturated heterocycles. The van der Waals surface area contributed by atoms with Crippen molar-refractivity contribution < 1.29 is 19.2 Å². The van der Waals surface area contributed by atoms with E-state index in [-0.39, 0.29) is 17.0 Å². The molecule has 246 valence electrons.